The number of aliphatic hydroxyl groups is 1. The van der Waals surface area contributed by atoms with E-state index in [0.717, 1.165) is 11.1 Å². The van der Waals surface area contributed by atoms with Gasteiger partial charge in [0.15, 0.2) is 5.76 Å². The number of thiophene rings is 1. The van der Waals surface area contributed by atoms with Crippen LogP contribution < -0.4 is 0 Å². The van der Waals surface area contributed by atoms with Crippen LogP contribution >= 0.6 is 11.3 Å². The van der Waals surface area contributed by atoms with Gasteiger partial charge in [-0.05, 0) is 30.4 Å². The maximum Gasteiger partial charge on any atom is 0.290 e. The van der Waals surface area contributed by atoms with Gasteiger partial charge in [0.2, 0.25) is 5.78 Å². The molecule has 1 aromatic carbocycles. The van der Waals surface area contributed by atoms with Gasteiger partial charge in [-0.15, -0.1) is 11.3 Å². The number of hydrogen-bond donors (Lipinski definition) is 1. The molecule has 136 valence electrons. The van der Waals surface area contributed by atoms with Crippen molar-refractivity contribution in [3.05, 3.63) is 69.1 Å². The van der Waals surface area contributed by atoms with Crippen LogP contribution in [-0.2, 0) is 9.53 Å². The second-order valence-corrected chi connectivity index (χ2v) is 7.17. The summed E-state index contributed by atoms with van der Waals surface area (Å²) in [7, 11) is 1.60. The smallest absolute Gasteiger partial charge is 0.290 e. The Hall–Kier alpha value is -2.44. The monoisotopic (exact) mass is 371 g/mol. The van der Waals surface area contributed by atoms with E-state index in [0.29, 0.717) is 24.4 Å². The van der Waals surface area contributed by atoms with Crippen LogP contribution in [0.3, 0.4) is 0 Å². The topological polar surface area (TPSA) is 66.8 Å². The number of nitrogens with zero attached hydrogens (tertiary/aromatic N) is 1. The van der Waals surface area contributed by atoms with Crippen molar-refractivity contribution < 1.29 is 19.4 Å². The van der Waals surface area contributed by atoms with Crippen LogP contribution in [0.1, 0.15) is 33.3 Å². The number of carbonyl (C=O) groups excluding carboxylic acids is 2. The summed E-state index contributed by atoms with van der Waals surface area (Å²) < 4.78 is 5.07. The average Bonchev–Trinajstić information content (AvgIpc) is 3.25. The van der Waals surface area contributed by atoms with Crippen molar-refractivity contribution in [3.63, 3.8) is 0 Å². The second kappa shape index (κ2) is 7.85. The van der Waals surface area contributed by atoms with Crippen molar-refractivity contribution in [3.8, 4) is 0 Å². The first-order valence-corrected chi connectivity index (χ1v) is 9.30. The average molecular weight is 371 g/mol. The number of methoxy groups -OCH3 is 1. The molecule has 1 amide bonds. The highest BCUT2D eigenvalue weighted by molar-refractivity contribution is 7.12. The van der Waals surface area contributed by atoms with Crippen LogP contribution in [0.25, 0.3) is 0 Å². The fraction of sp³-hybridized carbons (Fsp3) is 0.300. The maximum atomic E-state index is 13.0. The Labute approximate surface area is 156 Å². The first kappa shape index (κ1) is 18.4. The molecular formula is C20H21NO4S. The number of benzene rings is 1. The van der Waals surface area contributed by atoms with E-state index in [1.807, 2.05) is 31.2 Å². The standard InChI is InChI=1S/C20H21NO4S/c1-13-6-8-14(9-7-13)17-16(18(22)15-5-3-12-26-15)19(23)20(24)21(17)10-4-11-25-2/h3,5-9,12,17,23H,4,10-11H2,1-2H3. The molecule has 1 aromatic heterocycles. The van der Waals surface area contributed by atoms with Gasteiger partial charge in [-0.1, -0.05) is 35.9 Å². The maximum absolute atomic E-state index is 13.0. The van der Waals surface area contributed by atoms with Crippen LogP contribution in [0.4, 0.5) is 0 Å². The lowest BCUT2D eigenvalue weighted by Gasteiger charge is -2.26. The van der Waals surface area contributed by atoms with Crippen LogP contribution in [0.15, 0.2) is 53.1 Å². The van der Waals surface area contributed by atoms with Gasteiger partial charge in [0.1, 0.15) is 0 Å². The quantitative estimate of drug-likeness (QED) is 0.596. The van der Waals surface area contributed by atoms with Gasteiger partial charge in [0.05, 0.1) is 16.5 Å². The zero-order valence-electron chi connectivity index (χ0n) is 14.8. The molecule has 0 spiro atoms. The van der Waals surface area contributed by atoms with Crippen molar-refractivity contribution in [2.45, 2.75) is 19.4 Å². The largest absolute Gasteiger partial charge is 0.503 e. The third-order valence-corrected chi connectivity index (χ3v) is 5.30. The highest BCUT2D eigenvalue weighted by atomic mass is 32.1. The first-order valence-electron chi connectivity index (χ1n) is 8.42. The fourth-order valence-electron chi connectivity index (χ4n) is 3.13. The molecule has 1 aliphatic rings. The molecule has 5 nitrogen and oxygen atoms in total. The predicted molar refractivity (Wildman–Crippen MR) is 100 cm³/mol. The molecule has 0 aliphatic carbocycles. The van der Waals surface area contributed by atoms with Gasteiger partial charge < -0.3 is 14.7 Å². The summed E-state index contributed by atoms with van der Waals surface area (Å²) >= 11 is 1.30. The zero-order chi connectivity index (χ0) is 18.7. The third kappa shape index (κ3) is 3.43. The molecule has 2 heterocycles. The molecule has 0 saturated heterocycles. The van der Waals surface area contributed by atoms with Gasteiger partial charge in [-0.2, -0.15) is 0 Å². The summed E-state index contributed by atoms with van der Waals surface area (Å²) in [6.45, 7) is 2.88. The Morgan fingerprint density at radius 3 is 2.62 bits per heavy atom. The van der Waals surface area contributed by atoms with Crippen molar-refractivity contribution in [2.75, 3.05) is 20.3 Å². The minimum Gasteiger partial charge on any atom is -0.503 e. The summed E-state index contributed by atoms with van der Waals surface area (Å²) in [5, 5.41) is 12.3. The van der Waals surface area contributed by atoms with Crippen LogP contribution in [0.5, 0.6) is 0 Å². The molecule has 2 aromatic rings. The number of Topliss-reactive ketones (excluding diaryl/α,β-unsaturated/α-hetero) is 1. The Morgan fingerprint density at radius 1 is 1.27 bits per heavy atom. The van der Waals surface area contributed by atoms with E-state index in [1.54, 1.807) is 29.5 Å². The highest BCUT2D eigenvalue weighted by Crippen LogP contribution is 2.39. The van der Waals surface area contributed by atoms with E-state index in [-0.39, 0.29) is 11.4 Å². The number of aliphatic hydroxyl groups excluding tert-OH is 1. The third-order valence-electron chi connectivity index (χ3n) is 4.43. The first-order chi connectivity index (χ1) is 12.5. The molecule has 1 unspecified atom stereocenters. The number of amides is 1. The van der Waals surface area contributed by atoms with Gasteiger partial charge in [-0.3, -0.25) is 9.59 Å². The summed E-state index contributed by atoms with van der Waals surface area (Å²) in [4.78, 5) is 27.7. The number of hydrogen-bond acceptors (Lipinski definition) is 5. The Morgan fingerprint density at radius 2 is 2.00 bits per heavy atom. The molecule has 1 atom stereocenters. The van der Waals surface area contributed by atoms with Crippen molar-refractivity contribution in [1.29, 1.82) is 0 Å². The van der Waals surface area contributed by atoms with E-state index >= 15 is 0 Å². The SMILES string of the molecule is COCCCN1C(=O)C(O)=C(C(=O)c2cccs2)C1c1ccc(C)cc1. The highest BCUT2D eigenvalue weighted by Gasteiger charge is 2.43. The van der Waals surface area contributed by atoms with Gasteiger partial charge in [-0.25, -0.2) is 0 Å². The van der Waals surface area contributed by atoms with Crippen molar-refractivity contribution in [2.24, 2.45) is 0 Å². The fourth-order valence-corrected chi connectivity index (χ4v) is 3.81. The Kier molecular flexibility index (Phi) is 5.54. The lowest BCUT2D eigenvalue weighted by molar-refractivity contribution is -0.129. The van der Waals surface area contributed by atoms with E-state index in [9.17, 15) is 14.7 Å². The second-order valence-electron chi connectivity index (χ2n) is 6.23. The molecule has 1 N–H and O–H groups in total. The number of carbonyl (C=O) groups is 2. The molecule has 0 radical (unpaired) electrons. The normalized spacial score (nSPS) is 17.2. The van der Waals surface area contributed by atoms with E-state index < -0.39 is 17.7 Å². The summed E-state index contributed by atoms with van der Waals surface area (Å²) in [6.07, 6.45) is 0.623. The number of rotatable bonds is 7. The minimum atomic E-state index is -0.588. The summed E-state index contributed by atoms with van der Waals surface area (Å²) in [6, 6.07) is 10.6. The summed E-state index contributed by atoms with van der Waals surface area (Å²) in [5.74, 6) is -1.26. The molecule has 0 fully saturated rings. The predicted octanol–water partition coefficient (Wildman–Crippen LogP) is 3.67. The molecule has 6 heteroatoms. The Bertz CT molecular complexity index is 824. The lowest BCUT2D eigenvalue weighted by Crippen LogP contribution is -2.32. The van der Waals surface area contributed by atoms with E-state index in [1.165, 1.54) is 11.3 Å². The molecular weight excluding hydrogens is 350 g/mol. The van der Waals surface area contributed by atoms with Gasteiger partial charge in [0.25, 0.3) is 5.91 Å². The summed E-state index contributed by atoms with van der Waals surface area (Å²) in [5.41, 5.74) is 2.05. The van der Waals surface area contributed by atoms with Crippen LogP contribution in [0, 0.1) is 6.92 Å². The van der Waals surface area contributed by atoms with E-state index in [2.05, 4.69) is 0 Å². The molecule has 0 bridgehead atoms. The van der Waals surface area contributed by atoms with E-state index in [4.69, 9.17) is 4.74 Å². The molecule has 0 saturated carbocycles. The number of ether oxygens (including phenoxy) is 1. The lowest BCUT2D eigenvalue weighted by atomic mass is 9.95. The van der Waals surface area contributed by atoms with Crippen LogP contribution in [0.2, 0.25) is 0 Å². The van der Waals surface area contributed by atoms with Gasteiger partial charge >= 0.3 is 0 Å². The minimum absolute atomic E-state index is 0.152. The number of ketones is 1. The molecule has 3 rings (SSSR count). The Balaban J connectivity index is 2.02. The molecule has 1 aliphatic heterocycles. The zero-order valence-corrected chi connectivity index (χ0v) is 15.6. The number of aryl methyl sites for hydroxylation is 1. The van der Waals surface area contributed by atoms with Crippen molar-refractivity contribution >= 4 is 23.0 Å². The van der Waals surface area contributed by atoms with Crippen molar-refractivity contribution in [1.82, 2.24) is 4.90 Å². The molecule has 26 heavy (non-hydrogen) atoms. The van der Waals surface area contributed by atoms with Crippen LogP contribution in [-0.4, -0.2) is 42.0 Å². The van der Waals surface area contributed by atoms with Gasteiger partial charge in [0, 0.05) is 20.3 Å².